The normalized spacial score (nSPS) is 19.2. The fourth-order valence-electron chi connectivity index (χ4n) is 2.84. The van der Waals surface area contributed by atoms with E-state index >= 15 is 0 Å². The Kier molecular flexibility index (Phi) is 4.95. The van der Waals surface area contributed by atoms with E-state index in [9.17, 15) is 0 Å². The smallest absolute Gasteiger partial charge is 0.0913 e. The molecular weight excluding hydrogens is 282 g/mol. The van der Waals surface area contributed by atoms with Crippen LogP contribution in [0.4, 0.5) is 0 Å². The third-order valence-corrected chi connectivity index (χ3v) is 4.41. The highest BCUT2D eigenvalue weighted by Gasteiger charge is 2.25. The lowest BCUT2D eigenvalue weighted by atomic mass is 9.93. The minimum Gasteiger partial charge on any atom is -0.373 e. The van der Waals surface area contributed by atoms with E-state index in [-0.39, 0.29) is 12.1 Å². The van der Waals surface area contributed by atoms with E-state index in [0.717, 1.165) is 38.1 Å². The van der Waals surface area contributed by atoms with Crippen molar-refractivity contribution in [3.8, 4) is 0 Å². The molecule has 0 saturated heterocycles. The molecule has 3 rings (SSSR count). The molecule has 1 N–H and O–H groups in total. The maximum absolute atomic E-state index is 6.03. The second-order valence-corrected chi connectivity index (χ2v) is 5.94. The zero-order valence-corrected chi connectivity index (χ0v) is 13.1. The van der Waals surface area contributed by atoms with Crippen LogP contribution in [0.1, 0.15) is 48.7 Å². The molecule has 1 aliphatic heterocycles. The molecule has 2 unspecified atom stereocenters. The molecule has 0 aliphatic carbocycles. The molecule has 0 bridgehead atoms. The summed E-state index contributed by atoms with van der Waals surface area (Å²) in [6.07, 6.45) is 5.04. The first kappa shape index (κ1) is 14.6. The Hall–Kier alpha value is -1.30. The van der Waals surface area contributed by atoms with Crippen LogP contribution in [0.25, 0.3) is 0 Å². The van der Waals surface area contributed by atoms with Crippen molar-refractivity contribution in [1.29, 1.82) is 0 Å². The van der Waals surface area contributed by atoms with Gasteiger partial charge in [0, 0.05) is 0 Å². The SMILES string of the molecule is CCCNC(CC1OCCc2ccccc21)c1cnsn1. The van der Waals surface area contributed by atoms with Gasteiger partial charge < -0.3 is 10.1 Å². The third kappa shape index (κ3) is 3.48. The summed E-state index contributed by atoms with van der Waals surface area (Å²) in [6.45, 7) is 3.96. The van der Waals surface area contributed by atoms with Crippen molar-refractivity contribution in [2.45, 2.75) is 38.3 Å². The van der Waals surface area contributed by atoms with Crippen molar-refractivity contribution in [1.82, 2.24) is 14.1 Å². The van der Waals surface area contributed by atoms with Gasteiger partial charge in [0.25, 0.3) is 0 Å². The Balaban J connectivity index is 1.77. The summed E-state index contributed by atoms with van der Waals surface area (Å²) >= 11 is 1.27. The van der Waals surface area contributed by atoms with Gasteiger partial charge in [-0.15, -0.1) is 0 Å². The second-order valence-electron chi connectivity index (χ2n) is 5.38. The Morgan fingerprint density at radius 2 is 2.33 bits per heavy atom. The van der Waals surface area contributed by atoms with Gasteiger partial charge in [0.1, 0.15) is 0 Å². The van der Waals surface area contributed by atoms with Crippen LogP contribution in [0.15, 0.2) is 30.5 Å². The van der Waals surface area contributed by atoms with Gasteiger partial charge in [-0.3, -0.25) is 0 Å². The Labute approximate surface area is 129 Å². The van der Waals surface area contributed by atoms with E-state index in [4.69, 9.17) is 4.74 Å². The lowest BCUT2D eigenvalue weighted by Gasteiger charge is -2.29. The minimum absolute atomic E-state index is 0.144. The lowest BCUT2D eigenvalue weighted by Crippen LogP contribution is -2.27. The van der Waals surface area contributed by atoms with Gasteiger partial charge in [-0.05, 0) is 36.9 Å². The molecule has 1 aromatic heterocycles. The molecule has 0 fully saturated rings. The zero-order chi connectivity index (χ0) is 14.5. The highest BCUT2D eigenvalue weighted by molar-refractivity contribution is 6.99. The monoisotopic (exact) mass is 303 g/mol. The fraction of sp³-hybridized carbons (Fsp3) is 0.500. The molecule has 2 aromatic rings. The van der Waals surface area contributed by atoms with Crippen molar-refractivity contribution in [3.05, 3.63) is 47.3 Å². The highest BCUT2D eigenvalue weighted by atomic mass is 32.1. The van der Waals surface area contributed by atoms with Crippen molar-refractivity contribution >= 4 is 11.7 Å². The quantitative estimate of drug-likeness (QED) is 0.889. The summed E-state index contributed by atoms with van der Waals surface area (Å²) < 4.78 is 14.6. The van der Waals surface area contributed by atoms with Crippen LogP contribution in [0.2, 0.25) is 0 Å². The summed E-state index contributed by atoms with van der Waals surface area (Å²) in [5.74, 6) is 0. The molecule has 5 heteroatoms. The molecule has 0 saturated carbocycles. The Bertz CT molecular complexity index is 558. The molecule has 112 valence electrons. The number of fused-ring (bicyclic) bond motifs is 1. The number of nitrogens with zero attached hydrogens (tertiary/aromatic N) is 2. The average Bonchev–Trinajstić information content (AvgIpc) is 3.06. The van der Waals surface area contributed by atoms with E-state index in [2.05, 4.69) is 45.3 Å². The van der Waals surface area contributed by atoms with Gasteiger partial charge in [-0.25, -0.2) is 0 Å². The standard InChI is InChI=1S/C16H21N3OS/c1-2-8-17-14(15-11-18-21-19-15)10-16-13-6-4-3-5-12(13)7-9-20-16/h3-6,11,14,16-17H,2,7-10H2,1H3. The van der Waals surface area contributed by atoms with Gasteiger partial charge in [-0.2, -0.15) is 8.75 Å². The van der Waals surface area contributed by atoms with Crippen LogP contribution in [-0.4, -0.2) is 21.9 Å². The Morgan fingerprint density at radius 3 is 3.14 bits per heavy atom. The summed E-state index contributed by atoms with van der Waals surface area (Å²) in [4.78, 5) is 0. The Morgan fingerprint density at radius 1 is 1.43 bits per heavy atom. The number of aromatic nitrogens is 2. The summed E-state index contributed by atoms with van der Waals surface area (Å²) in [5.41, 5.74) is 3.77. The van der Waals surface area contributed by atoms with Crippen LogP contribution in [0, 0.1) is 0 Å². The second kappa shape index (κ2) is 7.11. The first-order chi connectivity index (χ1) is 10.4. The van der Waals surface area contributed by atoms with Gasteiger partial charge in [0.15, 0.2) is 0 Å². The van der Waals surface area contributed by atoms with E-state index in [1.54, 1.807) is 0 Å². The van der Waals surface area contributed by atoms with Gasteiger partial charge in [-0.1, -0.05) is 31.2 Å². The van der Waals surface area contributed by atoms with Crippen LogP contribution in [0.3, 0.4) is 0 Å². The van der Waals surface area contributed by atoms with Gasteiger partial charge >= 0.3 is 0 Å². The summed E-state index contributed by atoms with van der Waals surface area (Å²) in [6, 6.07) is 8.82. The van der Waals surface area contributed by atoms with E-state index < -0.39 is 0 Å². The molecule has 2 atom stereocenters. The molecule has 0 radical (unpaired) electrons. The van der Waals surface area contributed by atoms with Crippen molar-refractivity contribution in [2.24, 2.45) is 0 Å². The summed E-state index contributed by atoms with van der Waals surface area (Å²) in [7, 11) is 0. The molecule has 1 aromatic carbocycles. The van der Waals surface area contributed by atoms with E-state index in [1.165, 1.54) is 22.9 Å². The van der Waals surface area contributed by atoms with Crippen molar-refractivity contribution < 1.29 is 4.74 Å². The summed E-state index contributed by atoms with van der Waals surface area (Å²) in [5, 5.41) is 3.57. The van der Waals surface area contributed by atoms with Crippen LogP contribution in [0.5, 0.6) is 0 Å². The molecular formula is C16H21N3OS. The molecule has 0 spiro atoms. The number of nitrogens with one attached hydrogen (secondary N) is 1. The minimum atomic E-state index is 0.144. The number of rotatable bonds is 6. The number of ether oxygens (including phenoxy) is 1. The molecule has 0 amide bonds. The molecule has 2 heterocycles. The average molecular weight is 303 g/mol. The predicted octanol–water partition coefficient (Wildman–Crippen LogP) is 3.28. The van der Waals surface area contributed by atoms with E-state index in [1.807, 2.05) is 6.20 Å². The van der Waals surface area contributed by atoms with Crippen molar-refractivity contribution in [3.63, 3.8) is 0 Å². The predicted molar refractivity (Wildman–Crippen MR) is 84.4 cm³/mol. The van der Waals surface area contributed by atoms with Gasteiger partial charge in [0.05, 0.1) is 42.4 Å². The largest absolute Gasteiger partial charge is 0.373 e. The molecule has 21 heavy (non-hydrogen) atoms. The van der Waals surface area contributed by atoms with Gasteiger partial charge in [0.2, 0.25) is 0 Å². The number of hydrogen-bond acceptors (Lipinski definition) is 5. The zero-order valence-electron chi connectivity index (χ0n) is 12.3. The lowest BCUT2D eigenvalue weighted by molar-refractivity contribution is 0.0290. The third-order valence-electron chi connectivity index (χ3n) is 3.92. The topological polar surface area (TPSA) is 47.0 Å². The van der Waals surface area contributed by atoms with Crippen molar-refractivity contribution in [2.75, 3.05) is 13.2 Å². The van der Waals surface area contributed by atoms with Crippen LogP contribution >= 0.6 is 11.7 Å². The first-order valence-corrected chi connectivity index (χ1v) is 8.31. The number of hydrogen-bond donors (Lipinski definition) is 1. The maximum Gasteiger partial charge on any atom is 0.0913 e. The van der Waals surface area contributed by atoms with E-state index in [0.29, 0.717) is 0 Å². The number of benzene rings is 1. The van der Waals surface area contributed by atoms with Crippen LogP contribution in [-0.2, 0) is 11.2 Å². The van der Waals surface area contributed by atoms with Crippen LogP contribution < -0.4 is 5.32 Å². The molecule has 1 aliphatic rings. The first-order valence-electron chi connectivity index (χ1n) is 7.58. The fourth-order valence-corrected chi connectivity index (χ4v) is 3.31. The molecule has 4 nitrogen and oxygen atoms in total. The highest BCUT2D eigenvalue weighted by Crippen LogP contribution is 2.33. The maximum atomic E-state index is 6.03.